The highest BCUT2D eigenvalue weighted by Gasteiger charge is 2.32. The monoisotopic (exact) mass is 286 g/mol. The van der Waals surface area contributed by atoms with Crippen molar-refractivity contribution in [2.75, 3.05) is 37.6 Å². The summed E-state index contributed by atoms with van der Waals surface area (Å²) >= 11 is 0. The zero-order valence-electron chi connectivity index (χ0n) is 10.6. The number of halogens is 3. The maximum atomic E-state index is 12.3. The summed E-state index contributed by atoms with van der Waals surface area (Å²) in [5.41, 5.74) is 0.674. The number of rotatable bonds is 2. The highest BCUT2D eigenvalue weighted by molar-refractivity contribution is 5.43. The Morgan fingerprint density at radius 2 is 1.90 bits per heavy atom. The number of anilines is 1. The lowest BCUT2D eigenvalue weighted by atomic mass is 10.3. The van der Waals surface area contributed by atoms with Crippen molar-refractivity contribution < 1.29 is 13.2 Å². The van der Waals surface area contributed by atoms with E-state index in [1.165, 1.54) is 4.90 Å². The molecule has 2 aromatic heterocycles. The third-order valence-electron chi connectivity index (χ3n) is 3.19. The molecule has 0 aromatic carbocycles. The number of aromatic nitrogens is 4. The van der Waals surface area contributed by atoms with Crippen LogP contribution in [-0.2, 0) is 0 Å². The molecule has 1 fully saturated rings. The van der Waals surface area contributed by atoms with Crippen molar-refractivity contribution in [2.45, 2.75) is 6.18 Å². The number of fused-ring (bicyclic) bond motifs is 1. The second-order valence-electron chi connectivity index (χ2n) is 4.67. The minimum absolute atomic E-state index is 0.354. The first-order chi connectivity index (χ1) is 9.51. The van der Waals surface area contributed by atoms with E-state index < -0.39 is 12.7 Å². The highest BCUT2D eigenvalue weighted by Crippen LogP contribution is 2.19. The molecule has 0 aliphatic carbocycles. The quantitative estimate of drug-likeness (QED) is 0.817. The molecule has 108 valence electrons. The summed E-state index contributed by atoms with van der Waals surface area (Å²) in [4.78, 5) is 11.6. The SMILES string of the molecule is FC(F)(F)CN1CCN(c2nc3ccncn3n2)CC1. The Labute approximate surface area is 112 Å². The molecule has 2 aromatic rings. The van der Waals surface area contributed by atoms with Crippen LogP contribution in [0.2, 0.25) is 0 Å². The summed E-state index contributed by atoms with van der Waals surface area (Å²) in [6.45, 7) is 0.824. The maximum Gasteiger partial charge on any atom is 0.401 e. The summed E-state index contributed by atoms with van der Waals surface area (Å²) in [7, 11) is 0. The molecular weight excluding hydrogens is 273 g/mol. The second kappa shape index (κ2) is 4.89. The fourth-order valence-corrected chi connectivity index (χ4v) is 2.23. The van der Waals surface area contributed by atoms with Gasteiger partial charge in [0.1, 0.15) is 6.33 Å². The van der Waals surface area contributed by atoms with E-state index in [-0.39, 0.29) is 0 Å². The van der Waals surface area contributed by atoms with Crippen LogP contribution in [0, 0.1) is 0 Å². The average molecular weight is 286 g/mol. The van der Waals surface area contributed by atoms with Gasteiger partial charge in [0.25, 0.3) is 0 Å². The van der Waals surface area contributed by atoms with E-state index >= 15 is 0 Å². The van der Waals surface area contributed by atoms with Gasteiger partial charge in [-0.05, 0) is 0 Å². The maximum absolute atomic E-state index is 12.3. The van der Waals surface area contributed by atoms with Crippen molar-refractivity contribution in [2.24, 2.45) is 0 Å². The minimum atomic E-state index is -4.14. The third kappa shape index (κ3) is 2.82. The van der Waals surface area contributed by atoms with Gasteiger partial charge in [-0.2, -0.15) is 18.2 Å². The summed E-state index contributed by atoms with van der Waals surface area (Å²) in [6.07, 6.45) is -0.976. The molecule has 0 atom stereocenters. The van der Waals surface area contributed by atoms with Crippen molar-refractivity contribution in [3.63, 3.8) is 0 Å². The summed E-state index contributed by atoms with van der Waals surface area (Å²) in [6, 6.07) is 1.73. The van der Waals surface area contributed by atoms with Crippen molar-refractivity contribution >= 4 is 11.6 Å². The number of piperazine rings is 1. The molecule has 0 unspecified atom stereocenters. The standard InChI is InChI=1S/C11H13F3N6/c12-11(13,14)7-18-3-5-19(6-4-18)10-16-9-1-2-15-8-20(9)17-10/h1-2,8H,3-7H2. The van der Waals surface area contributed by atoms with E-state index in [4.69, 9.17) is 0 Å². The van der Waals surface area contributed by atoms with Gasteiger partial charge in [0, 0.05) is 38.4 Å². The first-order valence-electron chi connectivity index (χ1n) is 6.22. The predicted molar refractivity (Wildman–Crippen MR) is 65.5 cm³/mol. The molecule has 0 radical (unpaired) electrons. The van der Waals surface area contributed by atoms with Gasteiger partial charge >= 0.3 is 6.18 Å². The molecule has 1 aliphatic rings. The van der Waals surface area contributed by atoms with Crippen LogP contribution in [0.5, 0.6) is 0 Å². The molecule has 0 bridgehead atoms. The molecule has 0 N–H and O–H groups in total. The van der Waals surface area contributed by atoms with Crippen LogP contribution < -0.4 is 4.90 Å². The smallest absolute Gasteiger partial charge is 0.337 e. The van der Waals surface area contributed by atoms with Crippen LogP contribution in [0.1, 0.15) is 0 Å². The first-order valence-corrected chi connectivity index (χ1v) is 6.22. The van der Waals surface area contributed by atoms with E-state index in [0.717, 1.165) is 0 Å². The molecule has 1 saturated heterocycles. The van der Waals surface area contributed by atoms with Crippen LogP contribution >= 0.6 is 0 Å². The zero-order valence-corrected chi connectivity index (χ0v) is 10.6. The Balaban J connectivity index is 1.66. The first kappa shape index (κ1) is 13.1. The molecule has 3 rings (SSSR count). The Morgan fingerprint density at radius 3 is 2.55 bits per heavy atom. The predicted octanol–water partition coefficient (Wildman–Crippen LogP) is 0.809. The van der Waals surface area contributed by atoms with Gasteiger partial charge < -0.3 is 4.90 Å². The van der Waals surface area contributed by atoms with Crippen LogP contribution in [0.25, 0.3) is 5.65 Å². The fourth-order valence-electron chi connectivity index (χ4n) is 2.23. The molecule has 0 amide bonds. The van der Waals surface area contributed by atoms with E-state index in [1.54, 1.807) is 23.1 Å². The number of alkyl halides is 3. The lowest BCUT2D eigenvalue weighted by Gasteiger charge is -2.34. The summed E-state index contributed by atoms with van der Waals surface area (Å²) < 4.78 is 38.5. The molecule has 0 saturated carbocycles. The van der Waals surface area contributed by atoms with Crippen LogP contribution in [-0.4, -0.2) is 63.4 Å². The van der Waals surface area contributed by atoms with Crippen molar-refractivity contribution in [1.82, 2.24) is 24.5 Å². The number of hydrogen-bond acceptors (Lipinski definition) is 5. The van der Waals surface area contributed by atoms with Gasteiger partial charge in [-0.15, -0.1) is 5.10 Å². The molecule has 9 heteroatoms. The van der Waals surface area contributed by atoms with Crippen LogP contribution in [0.15, 0.2) is 18.6 Å². The zero-order chi connectivity index (χ0) is 14.2. The van der Waals surface area contributed by atoms with Gasteiger partial charge in [-0.3, -0.25) is 4.90 Å². The molecular formula is C11H13F3N6. The summed E-state index contributed by atoms with van der Waals surface area (Å²) in [5.74, 6) is 0.532. The van der Waals surface area contributed by atoms with E-state index in [1.807, 2.05) is 4.90 Å². The van der Waals surface area contributed by atoms with Gasteiger partial charge in [0.15, 0.2) is 5.65 Å². The molecule has 6 nitrogen and oxygen atoms in total. The van der Waals surface area contributed by atoms with Gasteiger partial charge in [-0.25, -0.2) is 9.50 Å². The topological polar surface area (TPSA) is 49.6 Å². The van der Waals surface area contributed by atoms with Crippen molar-refractivity contribution in [3.05, 3.63) is 18.6 Å². The Kier molecular flexibility index (Phi) is 3.20. The molecule has 20 heavy (non-hydrogen) atoms. The third-order valence-corrected chi connectivity index (χ3v) is 3.19. The van der Waals surface area contributed by atoms with Gasteiger partial charge in [0.05, 0.1) is 6.54 Å². The minimum Gasteiger partial charge on any atom is -0.337 e. The van der Waals surface area contributed by atoms with Crippen molar-refractivity contribution in [1.29, 1.82) is 0 Å². The molecule has 1 aliphatic heterocycles. The largest absolute Gasteiger partial charge is 0.401 e. The Hall–Kier alpha value is -1.90. The van der Waals surface area contributed by atoms with E-state index in [0.29, 0.717) is 37.8 Å². The Bertz CT molecular complexity index is 554. The average Bonchev–Trinajstić information content (AvgIpc) is 2.81. The van der Waals surface area contributed by atoms with Crippen LogP contribution in [0.3, 0.4) is 0 Å². The van der Waals surface area contributed by atoms with Gasteiger partial charge in [0.2, 0.25) is 5.95 Å². The molecule has 3 heterocycles. The Morgan fingerprint density at radius 1 is 1.15 bits per heavy atom. The second-order valence-corrected chi connectivity index (χ2v) is 4.67. The number of hydrogen-bond donors (Lipinski definition) is 0. The summed E-state index contributed by atoms with van der Waals surface area (Å²) in [5, 5.41) is 4.26. The highest BCUT2D eigenvalue weighted by atomic mass is 19.4. The van der Waals surface area contributed by atoms with Crippen molar-refractivity contribution in [3.8, 4) is 0 Å². The lowest BCUT2D eigenvalue weighted by molar-refractivity contribution is -0.146. The van der Waals surface area contributed by atoms with E-state index in [2.05, 4.69) is 15.1 Å². The lowest BCUT2D eigenvalue weighted by Crippen LogP contribution is -2.49. The normalized spacial score (nSPS) is 17.9. The van der Waals surface area contributed by atoms with E-state index in [9.17, 15) is 13.2 Å². The van der Waals surface area contributed by atoms with Crippen LogP contribution in [0.4, 0.5) is 19.1 Å². The molecule has 0 spiro atoms. The fraction of sp³-hybridized carbons (Fsp3) is 0.545. The van der Waals surface area contributed by atoms with Gasteiger partial charge in [-0.1, -0.05) is 0 Å². The number of nitrogens with zero attached hydrogens (tertiary/aromatic N) is 6.